The normalized spacial score (nSPS) is 25.0. The van der Waals surface area contributed by atoms with Gasteiger partial charge in [0.05, 0.1) is 6.10 Å². The number of amides is 1. The smallest absolute Gasteiger partial charge is 0.242 e. The fourth-order valence-corrected chi connectivity index (χ4v) is 5.42. The second-order valence-corrected chi connectivity index (χ2v) is 9.01. The van der Waals surface area contributed by atoms with E-state index in [1.807, 2.05) is 18.7 Å². The van der Waals surface area contributed by atoms with Gasteiger partial charge in [0.25, 0.3) is 0 Å². The van der Waals surface area contributed by atoms with Crippen LogP contribution < -0.4 is 0 Å². The zero-order valence-electron chi connectivity index (χ0n) is 18.8. The van der Waals surface area contributed by atoms with Crippen LogP contribution in [0.4, 0.5) is 0 Å². The van der Waals surface area contributed by atoms with Gasteiger partial charge < -0.3 is 14.6 Å². The number of rotatable bonds is 6. The Morgan fingerprint density at radius 3 is 2.63 bits per heavy atom. The Hall–Kier alpha value is -1.89. The van der Waals surface area contributed by atoms with Crippen LogP contribution in [0.3, 0.4) is 0 Å². The lowest BCUT2D eigenvalue weighted by atomic mass is 10.0. The zero-order valence-corrected chi connectivity index (χ0v) is 18.8. The Kier molecular flexibility index (Phi) is 6.19. The molecular weight excluding hydrogens is 376 g/mol. The van der Waals surface area contributed by atoms with Crippen LogP contribution in [0.1, 0.15) is 38.4 Å². The molecule has 3 heterocycles. The van der Waals surface area contributed by atoms with E-state index in [4.69, 9.17) is 0 Å². The molecule has 1 unspecified atom stereocenters. The number of nitrogens with zero attached hydrogens (tertiary/aromatic N) is 4. The fraction of sp³-hybridized carbons (Fsp3) is 0.625. The molecule has 1 amide bonds. The van der Waals surface area contributed by atoms with E-state index in [1.54, 1.807) is 0 Å². The molecule has 1 N–H and O–H groups in total. The van der Waals surface area contributed by atoms with Crippen molar-refractivity contribution < 1.29 is 9.90 Å². The maximum absolute atomic E-state index is 12.8. The van der Waals surface area contributed by atoms with Gasteiger partial charge in [-0.3, -0.25) is 14.6 Å². The molecule has 2 aliphatic rings. The number of carbonyl (C=O) groups excluding carboxylic acids is 1. The number of hydrogen-bond donors (Lipinski definition) is 1. The lowest BCUT2D eigenvalue weighted by molar-refractivity contribution is -0.131. The van der Waals surface area contributed by atoms with Gasteiger partial charge in [0, 0.05) is 67.9 Å². The number of likely N-dealkylation sites (N-methyl/N-ethyl adjacent to an activating group) is 1. The molecule has 2 fully saturated rings. The van der Waals surface area contributed by atoms with E-state index >= 15 is 0 Å². The van der Waals surface area contributed by atoms with Gasteiger partial charge in [0.1, 0.15) is 6.54 Å². The Bertz CT molecular complexity index is 904. The summed E-state index contributed by atoms with van der Waals surface area (Å²) >= 11 is 0. The number of fused-ring (bicyclic) bond motifs is 2. The molecule has 1 aromatic heterocycles. The summed E-state index contributed by atoms with van der Waals surface area (Å²) in [5, 5.41) is 11.3. The van der Waals surface area contributed by atoms with Crippen molar-refractivity contribution in [1.29, 1.82) is 0 Å². The maximum atomic E-state index is 12.8. The highest BCUT2D eigenvalue weighted by molar-refractivity contribution is 5.87. The largest absolute Gasteiger partial charge is 0.392 e. The molecule has 6 nitrogen and oxygen atoms in total. The van der Waals surface area contributed by atoms with E-state index in [1.165, 1.54) is 16.6 Å². The van der Waals surface area contributed by atoms with Gasteiger partial charge in [-0.15, -0.1) is 0 Å². The maximum Gasteiger partial charge on any atom is 0.242 e. The number of aromatic nitrogens is 1. The molecule has 0 radical (unpaired) electrons. The van der Waals surface area contributed by atoms with Crippen LogP contribution in [-0.4, -0.2) is 81.2 Å². The van der Waals surface area contributed by atoms with Crippen molar-refractivity contribution in [2.24, 2.45) is 0 Å². The van der Waals surface area contributed by atoms with Crippen molar-refractivity contribution in [3.05, 3.63) is 35.5 Å². The SMILES string of the molecule is CCN(CC)C(=O)Cn1c(C)c(CN2CC3C[C@@H](O)CN3C[C@H]2C)c2ccccc21. The predicted octanol–water partition coefficient (Wildman–Crippen LogP) is 2.46. The Morgan fingerprint density at radius 2 is 1.90 bits per heavy atom. The van der Waals surface area contributed by atoms with Crippen LogP contribution in [-0.2, 0) is 17.9 Å². The van der Waals surface area contributed by atoms with Gasteiger partial charge in [-0.1, -0.05) is 18.2 Å². The zero-order chi connectivity index (χ0) is 21.4. The molecule has 2 aliphatic heterocycles. The lowest BCUT2D eigenvalue weighted by Crippen LogP contribution is -2.54. The van der Waals surface area contributed by atoms with Gasteiger partial charge in [-0.25, -0.2) is 0 Å². The summed E-state index contributed by atoms with van der Waals surface area (Å²) in [6.07, 6.45) is 0.694. The molecular formula is C24H36N4O2. The number of aliphatic hydroxyl groups excluding tert-OH is 1. The molecule has 30 heavy (non-hydrogen) atoms. The van der Waals surface area contributed by atoms with Gasteiger partial charge in [0.15, 0.2) is 0 Å². The molecule has 0 saturated carbocycles. The summed E-state index contributed by atoms with van der Waals surface area (Å²) in [5.74, 6) is 0.178. The van der Waals surface area contributed by atoms with Crippen molar-refractivity contribution in [3.63, 3.8) is 0 Å². The predicted molar refractivity (Wildman–Crippen MR) is 120 cm³/mol. The molecule has 2 aromatic rings. The minimum atomic E-state index is -0.183. The van der Waals surface area contributed by atoms with Crippen LogP contribution in [0.2, 0.25) is 0 Å². The fourth-order valence-electron chi connectivity index (χ4n) is 5.42. The van der Waals surface area contributed by atoms with Crippen molar-refractivity contribution in [2.75, 3.05) is 32.7 Å². The van der Waals surface area contributed by atoms with Gasteiger partial charge in [0.2, 0.25) is 5.91 Å². The summed E-state index contributed by atoms with van der Waals surface area (Å²) < 4.78 is 2.20. The molecule has 0 bridgehead atoms. The van der Waals surface area contributed by atoms with Crippen LogP contribution in [0.25, 0.3) is 10.9 Å². The van der Waals surface area contributed by atoms with Crippen molar-refractivity contribution >= 4 is 16.8 Å². The second kappa shape index (κ2) is 8.69. The summed E-state index contributed by atoms with van der Waals surface area (Å²) in [6, 6.07) is 9.38. The molecule has 1 aromatic carbocycles. The lowest BCUT2D eigenvalue weighted by Gasteiger charge is -2.42. The van der Waals surface area contributed by atoms with Crippen molar-refractivity contribution in [3.8, 4) is 0 Å². The molecule has 4 rings (SSSR count). The topological polar surface area (TPSA) is 52.0 Å². The van der Waals surface area contributed by atoms with Gasteiger partial charge in [-0.2, -0.15) is 0 Å². The summed E-state index contributed by atoms with van der Waals surface area (Å²) in [7, 11) is 0. The molecule has 2 saturated heterocycles. The quantitative estimate of drug-likeness (QED) is 0.792. The molecule has 3 atom stereocenters. The molecule has 164 valence electrons. The highest BCUT2D eigenvalue weighted by atomic mass is 16.3. The molecule has 0 spiro atoms. The van der Waals surface area contributed by atoms with E-state index < -0.39 is 0 Å². The van der Waals surface area contributed by atoms with E-state index in [-0.39, 0.29) is 12.0 Å². The Labute approximate surface area is 180 Å². The number of hydrogen-bond acceptors (Lipinski definition) is 4. The monoisotopic (exact) mass is 412 g/mol. The Morgan fingerprint density at radius 1 is 1.17 bits per heavy atom. The number of benzene rings is 1. The first-order valence-electron chi connectivity index (χ1n) is 11.4. The van der Waals surface area contributed by atoms with Gasteiger partial charge in [-0.05, 0) is 45.7 Å². The Balaban J connectivity index is 1.62. The summed E-state index contributed by atoms with van der Waals surface area (Å²) in [4.78, 5) is 19.8. The standard InChI is InChI=1S/C24H36N4O2/c1-5-25(6-2)24(30)16-28-18(4)22(21-9-7-8-10-23(21)28)15-26-13-19-11-20(29)14-27(19)12-17(26)3/h7-10,17,19-20,29H,5-6,11-16H2,1-4H3/t17-,19?,20-/m1/s1. The van der Waals surface area contributed by atoms with Crippen LogP contribution in [0, 0.1) is 6.92 Å². The molecule has 6 heteroatoms. The van der Waals surface area contributed by atoms with E-state index in [2.05, 4.69) is 52.5 Å². The van der Waals surface area contributed by atoms with Crippen molar-refractivity contribution in [2.45, 2.75) is 65.4 Å². The number of carbonyl (C=O) groups is 1. The first-order valence-corrected chi connectivity index (χ1v) is 11.4. The average Bonchev–Trinajstić information content (AvgIpc) is 3.20. The van der Waals surface area contributed by atoms with Crippen LogP contribution in [0.15, 0.2) is 24.3 Å². The number of piperazine rings is 1. The highest BCUT2D eigenvalue weighted by Gasteiger charge is 2.38. The summed E-state index contributed by atoms with van der Waals surface area (Å²) in [5.41, 5.74) is 3.67. The molecule has 0 aliphatic carbocycles. The third-order valence-corrected chi connectivity index (χ3v) is 7.21. The summed E-state index contributed by atoms with van der Waals surface area (Å²) in [6.45, 7) is 14.1. The highest BCUT2D eigenvalue weighted by Crippen LogP contribution is 2.31. The first-order chi connectivity index (χ1) is 14.4. The van der Waals surface area contributed by atoms with E-state index in [9.17, 15) is 9.90 Å². The minimum Gasteiger partial charge on any atom is -0.392 e. The van der Waals surface area contributed by atoms with Gasteiger partial charge >= 0.3 is 0 Å². The third kappa shape index (κ3) is 3.88. The van der Waals surface area contributed by atoms with Crippen LogP contribution in [0.5, 0.6) is 0 Å². The van der Waals surface area contributed by atoms with Crippen molar-refractivity contribution in [1.82, 2.24) is 19.3 Å². The minimum absolute atomic E-state index is 0.178. The van der Waals surface area contributed by atoms with E-state index in [0.717, 1.165) is 51.2 Å². The number of aliphatic hydroxyl groups is 1. The van der Waals surface area contributed by atoms with E-state index in [0.29, 0.717) is 18.6 Å². The third-order valence-electron chi connectivity index (χ3n) is 7.21. The van der Waals surface area contributed by atoms with Crippen LogP contribution >= 0.6 is 0 Å². The second-order valence-electron chi connectivity index (χ2n) is 9.01. The average molecular weight is 413 g/mol. The number of para-hydroxylation sites is 1. The first kappa shape index (κ1) is 21.3.